The second-order valence-electron chi connectivity index (χ2n) is 5.98. The van der Waals surface area contributed by atoms with E-state index in [-0.39, 0.29) is 17.9 Å². The molecule has 1 aromatic rings. The maximum absolute atomic E-state index is 12.8. The van der Waals surface area contributed by atoms with E-state index in [4.69, 9.17) is 4.42 Å². The van der Waals surface area contributed by atoms with E-state index in [2.05, 4.69) is 12.2 Å². The molecule has 0 spiro atoms. The zero-order valence-corrected chi connectivity index (χ0v) is 13.8. The van der Waals surface area contributed by atoms with Gasteiger partial charge in [-0.3, -0.25) is 9.59 Å². The van der Waals surface area contributed by atoms with Crippen LogP contribution in [0.1, 0.15) is 60.9 Å². The molecule has 0 radical (unpaired) electrons. The van der Waals surface area contributed by atoms with Crippen LogP contribution in [0.15, 0.2) is 10.5 Å². The van der Waals surface area contributed by atoms with Gasteiger partial charge in [0.2, 0.25) is 5.91 Å². The van der Waals surface area contributed by atoms with Crippen LogP contribution in [0.4, 0.5) is 0 Å². The molecule has 0 aliphatic carbocycles. The van der Waals surface area contributed by atoms with Crippen molar-refractivity contribution in [2.75, 3.05) is 13.1 Å². The van der Waals surface area contributed by atoms with Crippen LogP contribution < -0.4 is 5.32 Å². The van der Waals surface area contributed by atoms with Gasteiger partial charge in [-0.15, -0.1) is 0 Å². The average Bonchev–Trinajstić information content (AvgIpc) is 2.85. The summed E-state index contributed by atoms with van der Waals surface area (Å²) in [6.45, 7) is 7.02. The van der Waals surface area contributed by atoms with Gasteiger partial charge in [0.1, 0.15) is 17.6 Å². The summed E-state index contributed by atoms with van der Waals surface area (Å²) in [6.07, 6.45) is 4.67. The van der Waals surface area contributed by atoms with E-state index in [9.17, 15) is 9.59 Å². The van der Waals surface area contributed by atoms with Gasteiger partial charge < -0.3 is 14.6 Å². The first-order valence-electron chi connectivity index (χ1n) is 8.20. The minimum absolute atomic E-state index is 0.0284. The summed E-state index contributed by atoms with van der Waals surface area (Å²) >= 11 is 0. The van der Waals surface area contributed by atoms with E-state index >= 15 is 0 Å². The van der Waals surface area contributed by atoms with Gasteiger partial charge in [-0.25, -0.2) is 0 Å². The van der Waals surface area contributed by atoms with E-state index in [0.717, 1.165) is 37.9 Å². The topological polar surface area (TPSA) is 62.6 Å². The smallest absolute Gasteiger partial charge is 0.258 e. The number of furan rings is 1. The van der Waals surface area contributed by atoms with Gasteiger partial charge in [0.05, 0.1) is 5.56 Å². The summed E-state index contributed by atoms with van der Waals surface area (Å²) < 4.78 is 5.45. The molecule has 1 saturated heterocycles. The first-order valence-corrected chi connectivity index (χ1v) is 8.20. The van der Waals surface area contributed by atoms with Crippen LogP contribution >= 0.6 is 0 Å². The molecule has 0 saturated carbocycles. The molecule has 5 heteroatoms. The van der Waals surface area contributed by atoms with Gasteiger partial charge in [0, 0.05) is 13.1 Å². The summed E-state index contributed by atoms with van der Waals surface area (Å²) in [4.78, 5) is 26.9. The van der Waals surface area contributed by atoms with Gasteiger partial charge >= 0.3 is 0 Å². The van der Waals surface area contributed by atoms with Crippen molar-refractivity contribution >= 4 is 11.8 Å². The third-order valence-electron chi connectivity index (χ3n) is 4.17. The molecule has 0 aromatic carbocycles. The number of carbonyl (C=O) groups is 2. The summed E-state index contributed by atoms with van der Waals surface area (Å²) in [5, 5.41) is 2.95. The van der Waals surface area contributed by atoms with Crippen molar-refractivity contribution in [3.63, 3.8) is 0 Å². The molecule has 0 bridgehead atoms. The van der Waals surface area contributed by atoms with Crippen LogP contribution in [0.5, 0.6) is 0 Å². The number of unbranched alkanes of at least 4 members (excludes halogenated alkanes) is 1. The lowest BCUT2D eigenvalue weighted by atomic mass is 10.00. The van der Waals surface area contributed by atoms with E-state index in [0.29, 0.717) is 24.4 Å². The molecule has 122 valence electrons. The Bertz CT molecular complexity index is 536. The van der Waals surface area contributed by atoms with Gasteiger partial charge in [0.15, 0.2) is 0 Å². The first kappa shape index (κ1) is 16.6. The number of amides is 2. The number of aryl methyl sites for hydroxylation is 2. The van der Waals surface area contributed by atoms with Crippen molar-refractivity contribution in [3.8, 4) is 0 Å². The SMILES string of the molecule is CCCCNC(=O)[C@@H]1CCCCN1C(=O)c1cc(C)oc1C. The molecular weight excluding hydrogens is 280 g/mol. The van der Waals surface area contributed by atoms with Crippen LogP contribution in [-0.4, -0.2) is 35.8 Å². The maximum Gasteiger partial charge on any atom is 0.258 e. The van der Waals surface area contributed by atoms with Gasteiger partial charge in [-0.2, -0.15) is 0 Å². The highest BCUT2D eigenvalue weighted by Crippen LogP contribution is 2.23. The molecule has 5 nitrogen and oxygen atoms in total. The third-order valence-corrected chi connectivity index (χ3v) is 4.17. The lowest BCUT2D eigenvalue weighted by molar-refractivity contribution is -0.126. The number of hydrogen-bond acceptors (Lipinski definition) is 3. The van der Waals surface area contributed by atoms with Crippen LogP contribution in [-0.2, 0) is 4.79 Å². The maximum atomic E-state index is 12.8. The fourth-order valence-corrected chi connectivity index (χ4v) is 2.95. The van der Waals surface area contributed by atoms with Gasteiger partial charge in [0.25, 0.3) is 5.91 Å². The second-order valence-corrected chi connectivity index (χ2v) is 5.98. The molecular formula is C17H26N2O3. The molecule has 22 heavy (non-hydrogen) atoms. The number of piperidine rings is 1. The predicted octanol–water partition coefficient (Wildman–Crippen LogP) is 2.81. The number of carbonyl (C=O) groups excluding carboxylic acids is 2. The molecule has 1 aliphatic heterocycles. The van der Waals surface area contributed by atoms with Crippen LogP contribution in [0.2, 0.25) is 0 Å². The Balaban J connectivity index is 2.10. The number of nitrogens with one attached hydrogen (secondary N) is 1. The third kappa shape index (κ3) is 3.70. The minimum Gasteiger partial charge on any atom is -0.466 e. The Morgan fingerprint density at radius 2 is 2.14 bits per heavy atom. The summed E-state index contributed by atoms with van der Waals surface area (Å²) in [7, 11) is 0. The molecule has 2 heterocycles. The zero-order chi connectivity index (χ0) is 16.1. The Morgan fingerprint density at radius 3 is 2.77 bits per heavy atom. The largest absolute Gasteiger partial charge is 0.466 e. The molecule has 1 N–H and O–H groups in total. The summed E-state index contributed by atoms with van der Waals surface area (Å²) in [5.74, 6) is 1.23. The van der Waals surface area contributed by atoms with Crippen molar-refractivity contribution in [1.82, 2.24) is 10.2 Å². The quantitative estimate of drug-likeness (QED) is 0.851. The predicted molar refractivity (Wildman–Crippen MR) is 84.8 cm³/mol. The van der Waals surface area contributed by atoms with E-state index in [1.54, 1.807) is 17.9 Å². The molecule has 1 atom stereocenters. The van der Waals surface area contributed by atoms with E-state index < -0.39 is 0 Å². The Labute approximate surface area is 132 Å². The Kier molecular flexibility index (Phi) is 5.63. The van der Waals surface area contributed by atoms with Gasteiger partial charge in [-0.1, -0.05) is 13.3 Å². The van der Waals surface area contributed by atoms with Crippen LogP contribution in [0.3, 0.4) is 0 Å². The summed E-state index contributed by atoms with van der Waals surface area (Å²) in [5.41, 5.74) is 0.575. The van der Waals surface area contributed by atoms with Crippen molar-refractivity contribution in [2.45, 2.75) is 58.9 Å². The number of likely N-dealkylation sites (tertiary alicyclic amines) is 1. The number of rotatable bonds is 5. The highest BCUT2D eigenvalue weighted by atomic mass is 16.3. The van der Waals surface area contributed by atoms with Crippen molar-refractivity contribution in [1.29, 1.82) is 0 Å². The van der Waals surface area contributed by atoms with Crippen molar-refractivity contribution in [2.24, 2.45) is 0 Å². The average molecular weight is 306 g/mol. The Morgan fingerprint density at radius 1 is 1.36 bits per heavy atom. The zero-order valence-electron chi connectivity index (χ0n) is 13.8. The Hall–Kier alpha value is -1.78. The van der Waals surface area contributed by atoms with E-state index in [1.165, 1.54) is 0 Å². The van der Waals surface area contributed by atoms with Crippen molar-refractivity contribution < 1.29 is 14.0 Å². The molecule has 0 unspecified atom stereocenters. The minimum atomic E-state index is -0.354. The summed E-state index contributed by atoms with van der Waals surface area (Å²) in [6, 6.07) is 1.41. The molecule has 1 aliphatic rings. The van der Waals surface area contributed by atoms with E-state index in [1.807, 2.05) is 6.92 Å². The number of hydrogen-bond donors (Lipinski definition) is 1. The van der Waals surface area contributed by atoms with Crippen molar-refractivity contribution in [3.05, 3.63) is 23.2 Å². The number of nitrogens with zero attached hydrogens (tertiary/aromatic N) is 1. The fourth-order valence-electron chi connectivity index (χ4n) is 2.95. The molecule has 2 amide bonds. The molecule has 2 rings (SSSR count). The molecule has 1 fully saturated rings. The lowest BCUT2D eigenvalue weighted by Gasteiger charge is -2.34. The highest BCUT2D eigenvalue weighted by Gasteiger charge is 2.33. The van der Waals surface area contributed by atoms with Crippen LogP contribution in [0.25, 0.3) is 0 Å². The normalized spacial score (nSPS) is 18.3. The van der Waals surface area contributed by atoms with Gasteiger partial charge in [-0.05, 0) is 45.6 Å². The lowest BCUT2D eigenvalue weighted by Crippen LogP contribution is -2.52. The second kappa shape index (κ2) is 7.47. The molecule has 1 aromatic heterocycles. The van der Waals surface area contributed by atoms with Crippen LogP contribution in [0, 0.1) is 13.8 Å². The standard InChI is InChI=1S/C17H26N2O3/c1-4-5-9-18-16(20)15-8-6-7-10-19(15)17(21)14-11-12(2)22-13(14)3/h11,15H,4-10H2,1-3H3,(H,18,20)/t15-/m0/s1. The first-order chi connectivity index (χ1) is 10.5. The highest BCUT2D eigenvalue weighted by molar-refractivity contribution is 5.98. The fraction of sp³-hybridized carbons (Fsp3) is 0.647. The monoisotopic (exact) mass is 306 g/mol.